The van der Waals surface area contributed by atoms with Gasteiger partial charge >= 0.3 is 11.9 Å². The van der Waals surface area contributed by atoms with Crippen molar-refractivity contribution in [1.82, 2.24) is 0 Å². The Kier molecular flexibility index (Phi) is 6.55. The number of ether oxygens (including phenoxy) is 2. The molecule has 3 aliphatic carbocycles. The summed E-state index contributed by atoms with van der Waals surface area (Å²) in [5.74, 6) is 1.43. The number of carbonyl (C=O) groups excluding carboxylic acids is 2. The van der Waals surface area contributed by atoms with E-state index in [-0.39, 0.29) is 37.0 Å². The van der Waals surface area contributed by atoms with Gasteiger partial charge in [0, 0.05) is 5.92 Å². The SMILES string of the molecule is CCCC(OC(=O)CCOC(=O)C1CCCCC1)C1CC2C=CC1C2. The molecule has 0 spiro atoms. The molecule has 0 heterocycles. The van der Waals surface area contributed by atoms with Gasteiger partial charge in [0.05, 0.1) is 12.3 Å². The van der Waals surface area contributed by atoms with Crippen LogP contribution >= 0.6 is 0 Å². The van der Waals surface area contributed by atoms with Crippen molar-refractivity contribution in [2.75, 3.05) is 6.61 Å². The summed E-state index contributed by atoms with van der Waals surface area (Å²) in [7, 11) is 0. The predicted molar refractivity (Wildman–Crippen MR) is 95.8 cm³/mol. The van der Waals surface area contributed by atoms with Crippen molar-refractivity contribution in [2.24, 2.45) is 23.7 Å². The Morgan fingerprint density at radius 1 is 1.12 bits per heavy atom. The van der Waals surface area contributed by atoms with E-state index in [1.54, 1.807) is 0 Å². The van der Waals surface area contributed by atoms with E-state index < -0.39 is 0 Å². The molecule has 4 heteroatoms. The predicted octanol–water partition coefficient (Wildman–Crippen LogP) is 4.42. The van der Waals surface area contributed by atoms with Crippen molar-refractivity contribution in [3.8, 4) is 0 Å². The van der Waals surface area contributed by atoms with E-state index in [2.05, 4.69) is 19.1 Å². The molecule has 4 unspecified atom stereocenters. The first-order chi connectivity index (χ1) is 12.2. The second-order valence-corrected chi connectivity index (χ2v) is 8.01. The standard InChI is InChI=1S/C21H32O4/c1-2-6-19(18-14-15-9-10-17(18)13-15)25-20(22)11-12-24-21(23)16-7-4-3-5-8-16/h9-10,15-19H,2-8,11-14H2,1H3. The molecule has 2 bridgehead atoms. The first-order valence-electron chi connectivity index (χ1n) is 10.2. The smallest absolute Gasteiger partial charge is 0.309 e. The summed E-state index contributed by atoms with van der Waals surface area (Å²) in [6, 6.07) is 0. The summed E-state index contributed by atoms with van der Waals surface area (Å²) in [5.41, 5.74) is 0. The number of rotatable bonds is 8. The van der Waals surface area contributed by atoms with E-state index >= 15 is 0 Å². The Labute approximate surface area is 151 Å². The summed E-state index contributed by atoms with van der Waals surface area (Å²) >= 11 is 0. The molecule has 0 saturated heterocycles. The van der Waals surface area contributed by atoms with Crippen LogP contribution in [0.1, 0.15) is 71.1 Å². The second kappa shape index (κ2) is 8.86. The lowest BCUT2D eigenvalue weighted by atomic mass is 9.86. The molecule has 0 N–H and O–H groups in total. The minimum atomic E-state index is -0.221. The van der Waals surface area contributed by atoms with Gasteiger partial charge < -0.3 is 9.47 Å². The second-order valence-electron chi connectivity index (χ2n) is 8.01. The summed E-state index contributed by atoms with van der Waals surface area (Å²) < 4.78 is 11.1. The lowest BCUT2D eigenvalue weighted by Crippen LogP contribution is -2.30. The molecule has 0 aliphatic heterocycles. The van der Waals surface area contributed by atoms with Crippen molar-refractivity contribution in [1.29, 1.82) is 0 Å². The van der Waals surface area contributed by atoms with Crippen LogP contribution in [0.3, 0.4) is 0 Å². The Bertz CT molecular complexity index is 492. The average molecular weight is 348 g/mol. The molecule has 2 fully saturated rings. The average Bonchev–Trinajstić information content (AvgIpc) is 3.25. The lowest BCUT2D eigenvalue weighted by molar-refractivity contribution is -0.157. The summed E-state index contributed by atoms with van der Waals surface area (Å²) in [4.78, 5) is 24.2. The van der Waals surface area contributed by atoms with Gasteiger partial charge in [-0.2, -0.15) is 0 Å². The highest BCUT2D eigenvalue weighted by atomic mass is 16.6. The van der Waals surface area contributed by atoms with E-state index in [0.717, 1.165) is 44.9 Å². The van der Waals surface area contributed by atoms with Crippen molar-refractivity contribution in [3.63, 3.8) is 0 Å². The summed E-state index contributed by atoms with van der Waals surface area (Å²) in [6.07, 6.45) is 14.4. The molecule has 3 aliphatic rings. The minimum Gasteiger partial charge on any atom is -0.465 e. The molecule has 0 radical (unpaired) electrons. The fourth-order valence-corrected chi connectivity index (χ4v) is 4.81. The number of esters is 2. The van der Waals surface area contributed by atoms with Crippen LogP contribution in [0.25, 0.3) is 0 Å². The van der Waals surface area contributed by atoms with E-state index in [1.165, 1.54) is 12.8 Å². The molecule has 0 aromatic rings. The molecular formula is C21H32O4. The zero-order valence-electron chi connectivity index (χ0n) is 15.5. The number of fused-ring (bicyclic) bond motifs is 2. The largest absolute Gasteiger partial charge is 0.465 e. The highest BCUT2D eigenvalue weighted by molar-refractivity contribution is 5.73. The molecule has 4 nitrogen and oxygen atoms in total. The van der Waals surface area contributed by atoms with Crippen molar-refractivity contribution in [3.05, 3.63) is 12.2 Å². The quantitative estimate of drug-likeness (QED) is 0.481. The van der Waals surface area contributed by atoms with Crippen LogP contribution < -0.4 is 0 Å². The van der Waals surface area contributed by atoms with E-state index in [0.29, 0.717) is 17.8 Å². The van der Waals surface area contributed by atoms with Gasteiger partial charge in [0.2, 0.25) is 0 Å². The topological polar surface area (TPSA) is 52.6 Å². The Balaban J connectivity index is 1.39. The monoisotopic (exact) mass is 348 g/mol. The van der Waals surface area contributed by atoms with Gasteiger partial charge in [0.25, 0.3) is 0 Å². The Morgan fingerprint density at radius 2 is 1.92 bits per heavy atom. The fourth-order valence-electron chi connectivity index (χ4n) is 4.81. The third-order valence-corrected chi connectivity index (χ3v) is 6.15. The van der Waals surface area contributed by atoms with Crippen LogP contribution in [-0.4, -0.2) is 24.6 Å². The van der Waals surface area contributed by atoms with Crippen LogP contribution in [0.5, 0.6) is 0 Å². The lowest BCUT2D eigenvalue weighted by Gasteiger charge is -2.28. The zero-order valence-corrected chi connectivity index (χ0v) is 15.5. The molecule has 25 heavy (non-hydrogen) atoms. The van der Waals surface area contributed by atoms with Gasteiger partial charge in [0.15, 0.2) is 0 Å². The van der Waals surface area contributed by atoms with E-state index in [9.17, 15) is 9.59 Å². The number of allylic oxidation sites excluding steroid dienone is 2. The van der Waals surface area contributed by atoms with Crippen LogP contribution in [-0.2, 0) is 19.1 Å². The minimum absolute atomic E-state index is 0.0199. The summed E-state index contributed by atoms with van der Waals surface area (Å²) in [6.45, 7) is 2.29. The van der Waals surface area contributed by atoms with Gasteiger partial charge in [-0.15, -0.1) is 0 Å². The molecular weight excluding hydrogens is 316 g/mol. The van der Waals surface area contributed by atoms with Gasteiger partial charge in [0.1, 0.15) is 12.7 Å². The third-order valence-electron chi connectivity index (χ3n) is 6.15. The van der Waals surface area contributed by atoms with Crippen LogP contribution in [0.4, 0.5) is 0 Å². The van der Waals surface area contributed by atoms with Gasteiger partial charge in [-0.25, -0.2) is 0 Å². The van der Waals surface area contributed by atoms with Crippen LogP contribution in [0.15, 0.2) is 12.2 Å². The maximum atomic E-state index is 12.2. The zero-order chi connectivity index (χ0) is 17.6. The number of carbonyl (C=O) groups is 2. The maximum Gasteiger partial charge on any atom is 0.309 e. The van der Waals surface area contributed by atoms with Crippen molar-refractivity contribution in [2.45, 2.75) is 77.2 Å². The third kappa shape index (κ3) is 4.86. The van der Waals surface area contributed by atoms with Gasteiger partial charge in [-0.3, -0.25) is 9.59 Å². The Hall–Kier alpha value is -1.32. The van der Waals surface area contributed by atoms with E-state index in [1.807, 2.05) is 0 Å². The molecule has 0 aromatic heterocycles. The van der Waals surface area contributed by atoms with Crippen molar-refractivity contribution >= 4 is 11.9 Å². The normalized spacial score (nSPS) is 29.6. The highest BCUT2D eigenvalue weighted by Crippen LogP contribution is 2.46. The maximum absolute atomic E-state index is 12.2. The van der Waals surface area contributed by atoms with Crippen molar-refractivity contribution < 1.29 is 19.1 Å². The van der Waals surface area contributed by atoms with Crippen LogP contribution in [0.2, 0.25) is 0 Å². The molecule has 0 aromatic carbocycles. The molecule has 4 atom stereocenters. The molecule has 140 valence electrons. The molecule has 0 amide bonds. The number of hydrogen-bond acceptors (Lipinski definition) is 4. The van der Waals surface area contributed by atoms with Gasteiger partial charge in [-0.1, -0.05) is 44.8 Å². The fraction of sp³-hybridized carbons (Fsp3) is 0.810. The highest BCUT2D eigenvalue weighted by Gasteiger charge is 2.41. The first-order valence-corrected chi connectivity index (χ1v) is 10.2. The molecule has 2 saturated carbocycles. The Morgan fingerprint density at radius 3 is 2.56 bits per heavy atom. The first kappa shape index (κ1) is 18.5. The van der Waals surface area contributed by atoms with Gasteiger partial charge in [-0.05, 0) is 43.9 Å². The molecule has 3 rings (SSSR count). The number of hydrogen-bond donors (Lipinski definition) is 0. The summed E-state index contributed by atoms with van der Waals surface area (Å²) in [5, 5.41) is 0. The van der Waals surface area contributed by atoms with E-state index in [4.69, 9.17) is 9.47 Å². The van der Waals surface area contributed by atoms with Crippen LogP contribution in [0, 0.1) is 23.7 Å².